The maximum Gasteiger partial charge on any atom is 0.412 e. The second kappa shape index (κ2) is 6.39. The van der Waals surface area contributed by atoms with E-state index in [2.05, 4.69) is 5.32 Å². The summed E-state index contributed by atoms with van der Waals surface area (Å²) in [4.78, 5) is 11.7. The van der Waals surface area contributed by atoms with Gasteiger partial charge in [-0.1, -0.05) is 12.1 Å². The molecule has 0 aliphatic rings. The summed E-state index contributed by atoms with van der Waals surface area (Å²) in [5, 5.41) is 2.57. The molecule has 0 saturated carbocycles. The van der Waals surface area contributed by atoms with Crippen LogP contribution in [0.2, 0.25) is 0 Å². The molecule has 0 unspecified atom stereocenters. The number of rotatable bonds is 4. The van der Waals surface area contributed by atoms with Gasteiger partial charge in [-0.25, -0.2) is 13.6 Å². The Bertz CT molecular complexity index is 511. The zero-order valence-corrected chi connectivity index (χ0v) is 12.8. The highest BCUT2D eigenvalue weighted by Crippen LogP contribution is 2.23. The van der Waals surface area contributed by atoms with Crippen LogP contribution in [0.5, 0.6) is 0 Å². The zero-order valence-electron chi connectivity index (χ0n) is 12.8. The summed E-state index contributed by atoms with van der Waals surface area (Å²) >= 11 is 0. The van der Waals surface area contributed by atoms with Gasteiger partial charge in [0.05, 0.1) is 6.54 Å². The minimum absolute atomic E-state index is 0.405. The summed E-state index contributed by atoms with van der Waals surface area (Å²) in [5.74, 6) is -2.96. The highest BCUT2D eigenvalue weighted by atomic mass is 19.3. The second-order valence-corrected chi connectivity index (χ2v) is 6.01. The fourth-order valence-electron chi connectivity index (χ4n) is 1.70. The standard InChI is InChI=1S/C15H22F2N2O2/c1-10-5-6-11(8-15(16,17)9-18)7-12(10)19-13(20)21-14(2,3)4/h5-7H,8-9,18H2,1-4H3,(H,19,20). The number of halogens is 2. The van der Waals surface area contributed by atoms with Gasteiger partial charge in [-0.15, -0.1) is 0 Å². The van der Waals surface area contributed by atoms with Gasteiger partial charge in [-0.05, 0) is 44.9 Å². The van der Waals surface area contributed by atoms with Crippen LogP contribution >= 0.6 is 0 Å². The van der Waals surface area contributed by atoms with Crippen molar-refractivity contribution in [3.05, 3.63) is 29.3 Å². The van der Waals surface area contributed by atoms with Gasteiger partial charge in [0.2, 0.25) is 0 Å². The molecule has 0 saturated heterocycles. The van der Waals surface area contributed by atoms with Crippen LogP contribution in [0.25, 0.3) is 0 Å². The fourth-order valence-corrected chi connectivity index (χ4v) is 1.70. The van der Waals surface area contributed by atoms with Gasteiger partial charge in [0.1, 0.15) is 5.60 Å². The Morgan fingerprint density at radius 3 is 2.48 bits per heavy atom. The molecule has 0 aliphatic heterocycles. The van der Waals surface area contributed by atoms with E-state index in [9.17, 15) is 13.6 Å². The maximum absolute atomic E-state index is 13.3. The molecule has 0 atom stereocenters. The Hall–Kier alpha value is -1.69. The topological polar surface area (TPSA) is 64.3 Å². The number of nitrogens with one attached hydrogen (secondary N) is 1. The number of aryl methyl sites for hydroxylation is 1. The van der Waals surface area contributed by atoms with E-state index < -0.39 is 30.6 Å². The van der Waals surface area contributed by atoms with Crippen LogP contribution < -0.4 is 11.1 Å². The Morgan fingerprint density at radius 1 is 1.33 bits per heavy atom. The highest BCUT2D eigenvalue weighted by Gasteiger charge is 2.27. The molecule has 1 aromatic rings. The molecule has 4 nitrogen and oxygen atoms in total. The minimum Gasteiger partial charge on any atom is -0.444 e. The predicted octanol–water partition coefficient (Wildman–Crippen LogP) is 3.48. The molecule has 1 amide bonds. The first kappa shape index (κ1) is 17.4. The molecule has 0 radical (unpaired) electrons. The average molecular weight is 300 g/mol. The maximum atomic E-state index is 13.3. The second-order valence-electron chi connectivity index (χ2n) is 6.01. The van der Waals surface area contributed by atoms with Gasteiger partial charge < -0.3 is 10.5 Å². The lowest BCUT2D eigenvalue weighted by Gasteiger charge is -2.20. The van der Waals surface area contributed by atoms with E-state index in [0.717, 1.165) is 5.56 Å². The Labute approximate surface area is 123 Å². The van der Waals surface area contributed by atoms with Crippen molar-refractivity contribution in [1.82, 2.24) is 0 Å². The van der Waals surface area contributed by atoms with Gasteiger partial charge in [0, 0.05) is 12.1 Å². The number of nitrogens with two attached hydrogens (primary N) is 1. The molecule has 0 aliphatic carbocycles. The number of alkyl halides is 2. The third-order valence-electron chi connectivity index (χ3n) is 2.70. The van der Waals surface area contributed by atoms with E-state index in [-0.39, 0.29) is 0 Å². The van der Waals surface area contributed by atoms with Crippen molar-refractivity contribution in [2.45, 2.75) is 45.6 Å². The normalized spacial score (nSPS) is 12.1. The van der Waals surface area contributed by atoms with Crippen LogP contribution in [0.3, 0.4) is 0 Å². The van der Waals surface area contributed by atoms with Crippen LogP contribution in [-0.2, 0) is 11.2 Å². The molecular weight excluding hydrogens is 278 g/mol. The monoisotopic (exact) mass is 300 g/mol. The summed E-state index contributed by atoms with van der Waals surface area (Å²) in [6, 6.07) is 4.79. The van der Waals surface area contributed by atoms with Crippen LogP contribution in [0.15, 0.2) is 18.2 Å². The molecule has 1 aromatic carbocycles. The van der Waals surface area contributed by atoms with E-state index in [1.54, 1.807) is 39.8 Å². The van der Waals surface area contributed by atoms with Crippen LogP contribution in [0.1, 0.15) is 31.9 Å². The number of ether oxygens (including phenoxy) is 1. The fraction of sp³-hybridized carbons (Fsp3) is 0.533. The van der Waals surface area contributed by atoms with Crippen molar-refractivity contribution in [3.8, 4) is 0 Å². The Morgan fingerprint density at radius 2 is 1.95 bits per heavy atom. The number of hydrogen-bond donors (Lipinski definition) is 2. The Kier molecular flexibility index (Phi) is 5.28. The number of benzene rings is 1. The van der Waals surface area contributed by atoms with Gasteiger partial charge in [-0.2, -0.15) is 0 Å². The zero-order chi connectivity index (χ0) is 16.3. The summed E-state index contributed by atoms with van der Waals surface area (Å²) < 4.78 is 31.8. The summed E-state index contributed by atoms with van der Waals surface area (Å²) in [6.45, 7) is 6.31. The lowest BCUT2D eigenvalue weighted by molar-refractivity contribution is 0.0115. The van der Waals surface area contributed by atoms with E-state index in [0.29, 0.717) is 11.3 Å². The summed E-state index contributed by atoms with van der Waals surface area (Å²) in [6.07, 6.45) is -1.08. The molecule has 0 heterocycles. The molecular formula is C15H22F2N2O2. The van der Waals surface area contributed by atoms with Crippen molar-refractivity contribution in [3.63, 3.8) is 0 Å². The molecule has 6 heteroatoms. The number of hydrogen-bond acceptors (Lipinski definition) is 3. The molecule has 0 spiro atoms. The molecule has 21 heavy (non-hydrogen) atoms. The number of carbonyl (C=O) groups is 1. The van der Waals surface area contributed by atoms with Crippen molar-refractivity contribution >= 4 is 11.8 Å². The number of anilines is 1. The third kappa shape index (κ3) is 6.08. The summed E-state index contributed by atoms with van der Waals surface area (Å²) in [5.41, 5.74) is 6.03. The molecule has 0 fully saturated rings. The lowest BCUT2D eigenvalue weighted by Crippen LogP contribution is -2.30. The largest absolute Gasteiger partial charge is 0.444 e. The lowest BCUT2D eigenvalue weighted by atomic mass is 10.0. The quantitative estimate of drug-likeness (QED) is 0.894. The van der Waals surface area contributed by atoms with Crippen molar-refractivity contribution < 1.29 is 18.3 Å². The Balaban J connectivity index is 2.86. The number of amides is 1. The van der Waals surface area contributed by atoms with E-state index >= 15 is 0 Å². The first-order valence-corrected chi connectivity index (χ1v) is 6.70. The van der Waals surface area contributed by atoms with Crippen molar-refractivity contribution in [2.24, 2.45) is 5.73 Å². The van der Waals surface area contributed by atoms with Crippen molar-refractivity contribution in [2.75, 3.05) is 11.9 Å². The van der Waals surface area contributed by atoms with E-state index in [1.165, 1.54) is 6.07 Å². The molecule has 0 aromatic heterocycles. The molecule has 0 bridgehead atoms. The van der Waals surface area contributed by atoms with Gasteiger partial charge in [0.25, 0.3) is 5.92 Å². The minimum atomic E-state index is -2.96. The predicted molar refractivity (Wildman–Crippen MR) is 78.7 cm³/mol. The molecule has 1 rings (SSSR count). The smallest absolute Gasteiger partial charge is 0.412 e. The molecule has 3 N–H and O–H groups in total. The molecule has 118 valence electrons. The SMILES string of the molecule is Cc1ccc(CC(F)(F)CN)cc1NC(=O)OC(C)(C)C. The average Bonchev–Trinajstić information content (AvgIpc) is 2.31. The van der Waals surface area contributed by atoms with Crippen molar-refractivity contribution in [1.29, 1.82) is 0 Å². The highest BCUT2D eigenvalue weighted by molar-refractivity contribution is 5.86. The number of carbonyl (C=O) groups excluding carboxylic acids is 1. The van der Waals surface area contributed by atoms with Gasteiger partial charge in [-0.3, -0.25) is 5.32 Å². The van der Waals surface area contributed by atoms with E-state index in [1.807, 2.05) is 0 Å². The van der Waals surface area contributed by atoms with Gasteiger partial charge in [0.15, 0.2) is 0 Å². The van der Waals surface area contributed by atoms with Crippen LogP contribution in [0, 0.1) is 6.92 Å². The van der Waals surface area contributed by atoms with Crippen LogP contribution in [0.4, 0.5) is 19.3 Å². The first-order chi connectivity index (χ1) is 9.52. The van der Waals surface area contributed by atoms with Gasteiger partial charge >= 0.3 is 6.09 Å². The van der Waals surface area contributed by atoms with E-state index in [4.69, 9.17) is 10.5 Å². The first-order valence-electron chi connectivity index (χ1n) is 6.70. The van der Waals surface area contributed by atoms with Crippen LogP contribution in [-0.4, -0.2) is 24.2 Å². The third-order valence-corrected chi connectivity index (χ3v) is 2.70. The summed E-state index contributed by atoms with van der Waals surface area (Å²) in [7, 11) is 0.